The van der Waals surface area contributed by atoms with Crippen LogP contribution in [-0.2, 0) is 10.3 Å². The van der Waals surface area contributed by atoms with Crippen molar-refractivity contribution >= 4 is 34.6 Å². The highest BCUT2D eigenvalue weighted by Crippen LogP contribution is 2.36. The van der Waals surface area contributed by atoms with Gasteiger partial charge in [-0.25, -0.2) is 14.5 Å². The molecule has 3 amide bonds. The molecule has 240 valence electrons. The molecule has 1 aliphatic rings. The average Bonchev–Trinajstić information content (AvgIpc) is 3.63. The minimum atomic E-state index is -4.77. The van der Waals surface area contributed by atoms with E-state index in [0.29, 0.717) is 28.5 Å². The smallest absolute Gasteiger partial charge is 0.497 e. The van der Waals surface area contributed by atoms with Crippen LogP contribution in [0.5, 0.6) is 11.5 Å². The predicted octanol–water partition coefficient (Wildman–Crippen LogP) is 7.05. The Kier molecular flexibility index (Phi) is 9.10. The van der Waals surface area contributed by atoms with Crippen LogP contribution in [0.2, 0.25) is 0 Å². The largest absolute Gasteiger partial charge is 0.573 e. The molecule has 1 aliphatic heterocycles. The fourth-order valence-corrected chi connectivity index (χ4v) is 5.68. The molecular formula is C32H31F3N6O4S. The summed E-state index contributed by atoms with van der Waals surface area (Å²) in [5.74, 6) is 0.759. The van der Waals surface area contributed by atoms with Gasteiger partial charge in [0, 0.05) is 11.6 Å². The first-order chi connectivity index (χ1) is 21.7. The number of halogens is 3. The van der Waals surface area contributed by atoms with Crippen LogP contribution in [0.15, 0.2) is 78.0 Å². The van der Waals surface area contributed by atoms with Gasteiger partial charge in [0.05, 0.1) is 29.8 Å². The van der Waals surface area contributed by atoms with Gasteiger partial charge in [0.15, 0.2) is 11.0 Å². The number of benzene rings is 3. The lowest BCUT2D eigenvalue weighted by Crippen LogP contribution is -2.40. The van der Waals surface area contributed by atoms with Crippen molar-refractivity contribution in [1.29, 1.82) is 0 Å². The number of nitrogens with zero attached hydrogens (tertiary/aromatic N) is 5. The van der Waals surface area contributed by atoms with E-state index in [1.54, 1.807) is 25.3 Å². The molecule has 5 rings (SSSR count). The van der Waals surface area contributed by atoms with Gasteiger partial charge in [0.1, 0.15) is 17.8 Å². The quantitative estimate of drug-likeness (QED) is 0.217. The second-order valence-electron chi connectivity index (χ2n) is 11.2. The number of rotatable bonds is 8. The number of aromatic nitrogens is 3. The Labute approximate surface area is 267 Å². The Balaban J connectivity index is 1.29. The summed E-state index contributed by atoms with van der Waals surface area (Å²) in [6.07, 6.45) is -3.32. The molecule has 14 heteroatoms. The van der Waals surface area contributed by atoms with Gasteiger partial charge >= 0.3 is 12.4 Å². The Hall–Kier alpha value is -4.85. The van der Waals surface area contributed by atoms with E-state index in [4.69, 9.17) is 4.74 Å². The molecule has 0 radical (unpaired) electrons. The number of urea groups is 1. The summed E-state index contributed by atoms with van der Waals surface area (Å²) in [5.41, 5.74) is 2.71. The number of amidine groups is 1. The molecule has 1 fully saturated rings. The molecule has 0 aliphatic carbocycles. The summed E-state index contributed by atoms with van der Waals surface area (Å²) in [6, 6.07) is 17.5. The number of aliphatic imine (C=N–C) groups is 1. The third kappa shape index (κ3) is 7.33. The minimum Gasteiger partial charge on any atom is -0.497 e. The van der Waals surface area contributed by atoms with Gasteiger partial charge < -0.3 is 14.8 Å². The SMILES string of the molecule is COc1ccc(C(C)C)c(N2C(=O)CSC2=NC(=O)NC(C)(C)c2ccc(-c3ncn(-c4ccc(OC(F)(F)F)cc4)n3)cc2)c1. The number of methoxy groups -OCH3 is 1. The van der Waals surface area contributed by atoms with Crippen LogP contribution >= 0.6 is 11.8 Å². The summed E-state index contributed by atoms with van der Waals surface area (Å²) in [4.78, 5) is 36.2. The zero-order valence-corrected chi connectivity index (χ0v) is 26.4. The maximum Gasteiger partial charge on any atom is 0.573 e. The van der Waals surface area contributed by atoms with E-state index in [1.807, 2.05) is 52.0 Å². The lowest BCUT2D eigenvalue weighted by molar-refractivity contribution is -0.274. The fraction of sp³-hybridized carbons (Fsp3) is 0.281. The van der Waals surface area contributed by atoms with E-state index < -0.39 is 17.9 Å². The number of carbonyl (C=O) groups is 2. The van der Waals surface area contributed by atoms with Crippen molar-refractivity contribution < 1.29 is 32.2 Å². The van der Waals surface area contributed by atoms with Crippen molar-refractivity contribution in [1.82, 2.24) is 20.1 Å². The molecule has 1 saturated heterocycles. The lowest BCUT2D eigenvalue weighted by Gasteiger charge is -2.26. The molecule has 0 unspecified atom stereocenters. The first kappa shape index (κ1) is 32.5. The number of hydrogen-bond acceptors (Lipinski definition) is 7. The maximum absolute atomic E-state index is 13.2. The number of thioether (sulfide) groups is 1. The van der Waals surface area contributed by atoms with Crippen LogP contribution < -0.4 is 19.7 Å². The third-order valence-electron chi connectivity index (χ3n) is 7.17. The van der Waals surface area contributed by atoms with Gasteiger partial charge in [-0.2, -0.15) is 4.99 Å². The molecule has 1 aromatic heterocycles. The summed E-state index contributed by atoms with van der Waals surface area (Å²) in [6.45, 7) is 7.72. The summed E-state index contributed by atoms with van der Waals surface area (Å²) >= 11 is 1.20. The van der Waals surface area contributed by atoms with E-state index in [-0.39, 0.29) is 28.5 Å². The van der Waals surface area contributed by atoms with Crippen molar-refractivity contribution in [2.45, 2.75) is 45.5 Å². The molecule has 3 aromatic carbocycles. The first-order valence-corrected chi connectivity index (χ1v) is 15.2. The number of nitrogens with one attached hydrogen (secondary N) is 1. The van der Waals surface area contributed by atoms with Gasteiger partial charge in [-0.3, -0.25) is 9.69 Å². The highest BCUT2D eigenvalue weighted by Gasteiger charge is 2.34. The number of hydrogen-bond donors (Lipinski definition) is 1. The molecular weight excluding hydrogens is 621 g/mol. The standard InChI is InChI=1S/C32H31F3N6O4S/c1-19(2)25-15-14-24(44-5)16-26(25)41-27(42)17-46-30(41)37-29(43)38-31(3,4)21-8-6-20(7-9-21)28-36-18-40(39-28)22-10-12-23(13-11-22)45-32(33,34)35/h6-16,18-19H,17H2,1-5H3,(H,38,43). The highest BCUT2D eigenvalue weighted by molar-refractivity contribution is 8.15. The van der Waals surface area contributed by atoms with Crippen molar-refractivity contribution in [3.8, 4) is 28.6 Å². The second kappa shape index (κ2) is 12.9. The van der Waals surface area contributed by atoms with Crippen LogP contribution in [0.4, 0.5) is 23.7 Å². The van der Waals surface area contributed by atoms with Gasteiger partial charge in [-0.05, 0) is 61.2 Å². The maximum atomic E-state index is 13.2. The van der Waals surface area contributed by atoms with Gasteiger partial charge in [-0.1, -0.05) is 55.9 Å². The Bertz CT molecular complexity index is 1770. The van der Waals surface area contributed by atoms with Crippen LogP contribution in [-0.4, -0.2) is 51.1 Å². The predicted molar refractivity (Wildman–Crippen MR) is 169 cm³/mol. The third-order valence-corrected chi connectivity index (χ3v) is 8.10. The number of alkyl halides is 3. The van der Waals surface area contributed by atoms with Crippen molar-refractivity contribution in [2.24, 2.45) is 4.99 Å². The number of anilines is 1. The van der Waals surface area contributed by atoms with Gasteiger partial charge in [0.2, 0.25) is 5.91 Å². The zero-order chi connectivity index (χ0) is 33.2. The van der Waals surface area contributed by atoms with E-state index >= 15 is 0 Å². The Morgan fingerprint density at radius 3 is 2.33 bits per heavy atom. The zero-order valence-electron chi connectivity index (χ0n) is 25.6. The lowest BCUT2D eigenvalue weighted by atomic mass is 9.93. The van der Waals surface area contributed by atoms with Crippen molar-refractivity contribution in [2.75, 3.05) is 17.8 Å². The van der Waals surface area contributed by atoms with E-state index in [2.05, 4.69) is 25.1 Å². The van der Waals surface area contributed by atoms with Gasteiger partial charge in [0.25, 0.3) is 0 Å². The summed E-state index contributed by atoms with van der Waals surface area (Å²) in [7, 11) is 1.55. The molecule has 0 atom stereocenters. The topological polar surface area (TPSA) is 111 Å². The van der Waals surface area contributed by atoms with Crippen LogP contribution in [0.3, 0.4) is 0 Å². The molecule has 10 nitrogen and oxygen atoms in total. The molecule has 0 spiro atoms. The summed E-state index contributed by atoms with van der Waals surface area (Å²) in [5, 5.41) is 7.65. The molecule has 0 bridgehead atoms. The van der Waals surface area contributed by atoms with E-state index in [0.717, 1.165) is 11.1 Å². The molecule has 0 saturated carbocycles. The fourth-order valence-electron chi connectivity index (χ4n) is 4.82. The highest BCUT2D eigenvalue weighted by atomic mass is 32.2. The van der Waals surface area contributed by atoms with Gasteiger partial charge in [-0.15, -0.1) is 18.3 Å². The molecule has 4 aromatic rings. The van der Waals surface area contributed by atoms with Crippen molar-refractivity contribution in [3.63, 3.8) is 0 Å². The van der Waals surface area contributed by atoms with Crippen LogP contribution in [0.25, 0.3) is 17.1 Å². The molecule has 2 heterocycles. The summed E-state index contributed by atoms with van der Waals surface area (Å²) < 4.78 is 48.1. The second-order valence-corrected chi connectivity index (χ2v) is 12.1. The number of amides is 3. The van der Waals surface area contributed by atoms with E-state index in [9.17, 15) is 22.8 Å². The number of carbonyl (C=O) groups excluding carboxylic acids is 2. The van der Waals surface area contributed by atoms with E-state index in [1.165, 1.54) is 51.9 Å². The van der Waals surface area contributed by atoms with Crippen molar-refractivity contribution in [3.05, 3.63) is 84.2 Å². The Morgan fingerprint density at radius 1 is 1.02 bits per heavy atom. The average molecular weight is 653 g/mol. The van der Waals surface area contributed by atoms with Crippen LogP contribution in [0.1, 0.15) is 44.7 Å². The van der Waals surface area contributed by atoms with Crippen LogP contribution in [0, 0.1) is 0 Å². The first-order valence-electron chi connectivity index (χ1n) is 14.2. The molecule has 46 heavy (non-hydrogen) atoms. The minimum absolute atomic E-state index is 0.119. The monoisotopic (exact) mass is 652 g/mol. The molecule has 1 N–H and O–H groups in total. The normalized spacial score (nSPS) is 14.7. The Morgan fingerprint density at radius 2 is 1.70 bits per heavy atom. The number of ether oxygens (including phenoxy) is 2.